The highest BCUT2D eigenvalue weighted by atomic mass is 16.1. The summed E-state index contributed by atoms with van der Waals surface area (Å²) in [6.07, 6.45) is 5.87. The molecule has 0 aliphatic heterocycles. The molecule has 0 amide bonds. The van der Waals surface area contributed by atoms with Gasteiger partial charge in [-0.15, -0.1) is 0 Å². The van der Waals surface area contributed by atoms with E-state index in [0.29, 0.717) is 12.0 Å². The Kier molecular flexibility index (Phi) is 14.1. The summed E-state index contributed by atoms with van der Waals surface area (Å²) in [5, 5.41) is 0. The van der Waals surface area contributed by atoms with Gasteiger partial charge in [0, 0.05) is 37.1 Å². The van der Waals surface area contributed by atoms with E-state index in [4.69, 9.17) is 0 Å². The highest BCUT2D eigenvalue weighted by Gasteiger charge is 2.07. The number of aromatic nitrogens is 1. The topological polar surface area (TPSA) is 42.3 Å². The highest BCUT2D eigenvalue weighted by molar-refractivity contribution is 6.06. The minimum Gasteiger partial charge on any atom is -0.294 e. The number of ketones is 1. The van der Waals surface area contributed by atoms with Gasteiger partial charge >= 0.3 is 0 Å². The summed E-state index contributed by atoms with van der Waals surface area (Å²) in [6.45, 7) is 15.4. The lowest BCUT2D eigenvalue weighted by atomic mass is 10.0. The van der Waals surface area contributed by atoms with E-state index in [1.807, 2.05) is 53.7 Å². The van der Waals surface area contributed by atoms with Crippen molar-refractivity contribution in [3.63, 3.8) is 0 Å². The van der Waals surface area contributed by atoms with Crippen LogP contribution in [0.4, 0.5) is 0 Å². The third-order valence-corrected chi connectivity index (χ3v) is 2.63. The van der Waals surface area contributed by atoms with Gasteiger partial charge in [0.2, 0.25) is 0 Å². The standard InChI is InChI=1S/C11H17NO.C6H7N.C2H6/c1-6-11(13)10(8(2)3)7-9(4)12-5;1-6-2-4-7-5-3-6;1-2/h7H,2,6H2,1,3-5H3;2-5H,1H3;1-2H3/b10-7-,12-9?;;. The third-order valence-electron chi connectivity index (χ3n) is 2.63. The first-order valence-electron chi connectivity index (χ1n) is 7.63. The van der Waals surface area contributed by atoms with Crippen molar-refractivity contribution in [3.8, 4) is 0 Å². The number of aryl methyl sites for hydroxylation is 1. The molecule has 0 radical (unpaired) electrons. The predicted molar refractivity (Wildman–Crippen MR) is 97.6 cm³/mol. The zero-order valence-electron chi connectivity index (χ0n) is 15.1. The number of hydrogen-bond acceptors (Lipinski definition) is 3. The summed E-state index contributed by atoms with van der Waals surface area (Å²) >= 11 is 0. The summed E-state index contributed by atoms with van der Waals surface area (Å²) in [5.41, 5.74) is 3.59. The van der Waals surface area contributed by atoms with Gasteiger partial charge in [-0.05, 0) is 50.1 Å². The maximum Gasteiger partial charge on any atom is 0.162 e. The fraction of sp³-hybridized carbons (Fsp3) is 0.421. The Labute approximate surface area is 135 Å². The molecule has 22 heavy (non-hydrogen) atoms. The van der Waals surface area contributed by atoms with Gasteiger partial charge in [0.05, 0.1) is 0 Å². The van der Waals surface area contributed by atoms with E-state index in [9.17, 15) is 4.79 Å². The Morgan fingerprint density at radius 3 is 2.05 bits per heavy atom. The monoisotopic (exact) mass is 302 g/mol. The van der Waals surface area contributed by atoms with Crippen molar-refractivity contribution < 1.29 is 4.79 Å². The van der Waals surface area contributed by atoms with Crippen LogP contribution in [-0.4, -0.2) is 23.5 Å². The van der Waals surface area contributed by atoms with Crippen LogP contribution in [0.5, 0.6) is 0 Å². The second-order valence-corrected chi connectivity index (χ2v) is 4.50. The first-order valence-corrected chi connectivity index (χ1v) is 7.63. The van der Waals surface area contributed by atoms with Crippen molar-refractivity contribution >= 4 is 11.5 Å². The Balaban J connectivity index is 0. The van der Waals surface area contributed by atoms with E-state index in [2.05, 4.69) is 16.6 Å². The molecule has 3 heteroatoms. The molecule has 0 atom stereocenters. The predicted octanol–water partition coefficient (Wildman–Crippen LogP) is 4.97. The van der Waals surface area contributed by atoms with Crippen LogP contribution in [0, 0.1) is 6.92 Å². The zero-order chi connectivity index (χ0) is 17.5. The van der Waals surface area contributed by atoms with Crippen LogP contribution < -0.4 is 0 Å². The first-order chi connectivity index (χ1) is 10.4. The van der Waals surface area contributed by atoms with Crippen LogP contribution >= 0.6 is 0 Å². The number of carbonyl (C=O) groups is 1. The van der Waals surface area contributed by atoms with Crippen LogP contribution in [0.2, 0.25) is 0 Å². The average Bonchev–Trinajstić information content (AvgIpc) is 2.54. The zero-order valence-corrected chi connectivity index (χ0v) is 15.1. The molecule has 0 fully saturated rings. The largest absolute Gasteiger partial charge is 0.294 e. The molecule has 3 nitrogen and oxygen atoms in total. The lowest BCUT2D eigenvalue weighted by molar-refractivity contribution is -0.115. The summed E-state index contributed by atoms with van der Waals surface area (Å²) in [5.74, 6) is 0.121. The highest BCUT2D eigenvalue weighted by Crippen LogP contribution is 2.10. The Bertz CT molecular complexity index is 499. The van der Waals surface area contributed by atoms with E-state index < -0.39 is 0 Å². The van der Waals surface area contributed by atoms with Crippen LogP contribution in [-0.2, 0) is 4.79 Å². The van der Waals surface area contributed by atoms with Crippen LogP contribution in [0.3, 0.4) is 0 Å². The molecule has 0 aliphatic rings. The van der Waals surface area contributed by atoms with Crippen LogP contribution in [0.1, 0.15) is 46.6 Å². The van der Waals surface area contributed by atoms with Crippen LogP contribution in [0.25, 0.3) is 0 Å². The maximum atomic E-state index is 11.4. The second-order valence-electron chi connectivity index (χ2n) is 4.50. The number of pyridine rings is 1. The molecule has 0 aliphatic carbocycles. The van der Waals surface area contributed by atoms with Gasteiger partial charge in [0.15, 0.2) is 5.78 Å². The van der Waals surface area contributed by atoms with Gasteiger partial charge in [-0.2, -0.15) is 0 Å². The summed E-state index contributed by atoms with van der Waals surface area (Å²) in [4.78, 5) is 19.2. The molecule has 0 saturated carbocycles. The van der Waals surface area contributed by atoms with Crippen molar-refractivity contribution in [2.75, 3.05) is 7.05 Å². The molecular weight excluding hydrogens is 272 g/mol. The number of allylic oxidation sites excluding steroid dienone is 3. The molecule has 0 unspecified atom stereocenters. The van der Waals surface area contributed by atoms with Crippen molar-refractivity contribution in [2.45, 2.75) is 48.0 Å². The molecule has 1 aromatic heterocycles. The summed E-state index contributed by atoms with van der Waals surface area (Å²) in [6, 6.07) is 3.94. The number of nitrogens with zero attached hydrogens (tertiary/aromatic N) is 2. The molecule has 0 N–H and O–H groups in total. The molecule has 0 aromatic carbocycles. The lowest BCUT2D eigenvalue weighted by Crippen LogP contribution is -2.03. The SMILES string of the molecule is C=C(C)/C(=C/C(C)=NC)C(=O)CC.CC.Cc1ccncc1. The van der Waals surface area contributed by atoms with Gasteiger partial charge < -0.3 is 0 Å². The van der Waals surface area contributed by atoms with E-state index in [0.717, 1.165) is 11.3 Å². The molecule has 1 aromatic rings. The van der Waals surface area contributed by atoms with Crippen molar-refractivity contribution in [1.29, 1.82) is 0 Å². The number of carbonyl (C=O) groups excluding carboxylic acids is 1. The molecule has 122 valence electrons. The molecule has 0 bridgehead atoms. The summed E-state index contributed by atoms with van der Waals surface area (Å²) < 4.78 is 0. The third kappa shape index (κ3) is 10.7. The molecule has 0 saturated heterocycles. The van der Waals surface area contributed by atoms with Crippen LogP contribution in [0.15, 0.2) is 53.3 Å². The van der Waals surface area contributed by atoms with Gasteiger partial charge in [0.1, 0.15) is 0 Å². The fourth-order valence-corrected chi connectivity index (χ4v) is 1.33. The molecule has 1 rings (SSSR count). The average molecular weight is 302 g/mol. The molecule has 1 heterocycles. The van der Waals surface area contributed by atoms with Gasteiger partial charge in [-0.1, -0.05) is 27.4 Å². The Hall–Kier alpha value is -2.03. The number of Topliss-reactive ketones (excluding diaryl/α,β-unsaturated/α-hetero) is 1. The van der Waals surface area contributed by atoms with Gasteiger partial charge in [0.25, 0.3) is 0 Å². The fourth-order valence-electron chi connectivity index (χ4n) is 1.33. The van der Waals surface area contributed by atoms with Crippen molar-refractivity contribution in [3.05, 3.63) is 53.9 Å². The lowest BCUT2D eigenvalue weighted by Gasteiger charge is -2.03. The minimum absolute atomic E-state index is 0.121. The van der Waals surface area contributed by atoms with Crippen molar-refractivity contribution in [1.82, 2.24) is 4.98 Å². The normalized spacial score (nSPS) is 10.7. The minimum atomic E-state index is 0.121. The molecular formula is C19H30N2O. The van der Waals surface area contributed by atoms with E-state index in [1.165, 1.54) is 5.56 Å². The first kappa shape index (κ1) is 22.3. The number of rotatable bonds is 4. The van der Waals surface area contributed by atoms with E-state index in [-0.39, 0.29) is 5.78 Å². The Morgan fingerprint density at radius 1 is 1.27 bits per heavy atom. The molecule has 0 spiro atoms. The number of aliphatic imine (C=N–C) groups is 1. The number of hydrogen-bond donors (Lipinski definition) is 0. The van der Waals surface area contributed by atoms with Gasteiger partial charge in [-0.25, -0.2) is 0 Å². The van der Waals surface area contributed by atoms with E-state index >= 15 is 0 Å². The van der Waals surface area contributed by atoms with Gasteiger partial charge in [-0.3, -0.25) is 14.8 Å². The van der Waals surface area contributed by atoms with E-state index in [1.54, 1.807) is 25.5 Å². The van der Waals surface area contributed by atoms with Crippen molar-refractivity contribution in [2.24, 2.45) is 4.99 Å². The Morgan fingerprint density at radius 2 is 1.77 bits per heavy atom. The quantitative estimate of drug-likeness (QED) is 0.447. The second kappa shape index (κ2) is 13.9. The smallest absolute Gasteiger partial charge is 0.162 e. The maximum absolute atomic E-state index is 11.4. The summed E-state index contributed by atoms with van der Waals surface area (Å²) in [7, 11) is 1.71.